The maximum absolute atomic E-state index is 5.89. The highest BCUT2D eigenvalue weighted by Gasteiger charge is 2.52. The lowest BCUT2D eigenvalue weighted by molar-refractivity contribution is 0.0538. The zero-order valence-electron chi connectivity index (χ0n) is 13.7. The maximum atomic E-state index is 5.89. The smallest absolute Gasteiger partial charge is 0.119 e. The maximum Gasteiger partial charge on any atom is 0.119 e. The van der Waals surface area contributed by atoms with Crippen LogP contribution in [0.5, 0.6) is 5.75 Å². The first-order chi connectivity index (χ1) is 10.0. The fourth-order valence-corrected chi connectivity index (χ4v) is 4.97. The summed E-state index contributed by atoms with van der Waals surface area (Å²) in [6.45, 7) is 5.78. The Kier molecular flexibility index (Phi) is 3.77. The van der Waals surface area contributed by atoms with Gasteiger partial charge >= 0.3 is 0 Å². The van der Waals surface area contributed by atoms with Crippen LogP contribution in [0.1, 0.15) is 69.4 Å². The lowest BCUT2D eigenvalue weighted by Crippen LogP contribution is -2.48. The third kappa shape index (κ3) is 2.19. The highest BCUT2D eigenvalue weighted by Crippen LogP contribution is 2.61. The van der Waals surface area contributed by atoms with Crippen molar-refractivity contribution in [3.63, 3.8) is 0 Å². The van der Waals surface area contributed by atoms with Crippen molar-refractivity contribution < 1.29 is 4.74 Å². The molecule has 2 nitrogen and oxygen atoms in total. The molecular formula is C19H29NO. The number of ether oxygens (including phenoxy) is 1. The number of rotatable bonds is 3. The highest BCUT2D eigenvalue weighted by molar-refractivity contribution is 5.46. The van der Waals surface area contributed by atoms with Gasteiger partial charge in [-0.2, -0.15) is 0 Å². The molecule has 0 aliphatic heterocycles. The number of fused-ring (bicyclic) bond motifs is 3. The quantitative estimate of drug-likeness (QED) is 0.896. The molecule has 3 rings (SSSR count). The summed E-state index contributed by atoms with van der Waals surface area (Å²) in [6.07, 6.45) is 7.77. The topological polar surface area (TPSA) is 35.2 Å². The van der Waals surface area contributed by atoms with Crippen molar-refractivity contribution in [3.8, 4) is 5.75 Å². The molecule has 1 saturated carbocycles. The minimum Gasteiger partial charge on any atom is -0.497 e. The second-order valence-electron chi connectivity index (χ2n) is 7.53. The van der Waals surface area contributed by atoms with Crippen LogP contribution in [0.2, 0.25) is 0 Å². The minimum absolute atomic E-state index is 0.292. The van der Waals surface area contributed by atoms with Gasteiger partial charge in [-0.05, 0) is 72.2 Å². The predicted octanol–water partition coefficient (Wildman–Crippen LogP) is 4.37. The zero-order valence-corrected chi connectivity index (χ0v) is 13.7. The largest absolute Gasteiger partial charge is 0.497 e. The highest BCUT2D eigenvalue weighted by atomic mass is 16.5. The molecule has 2 unspecified atom stereocenters. The third-order valence-corrected chi connectivity index (χ3v) is 6.49. The van der Waals surface area contributed by atoms with Gasteiger partial charge in [0.05, 0.1) is 7.11 Å². The molecule has 1 aromatic rings. The van der Waals surface area contributed by atoms with E-state index in [0.29, 0.717) is 16.7 Å². The van der Waals surface area contributed by atoms with Gasteiger partial charge in [0.15, 0.2) is 0 Å². The van der Waals surface area contributed by atoms with E-state index in [1.54, 1.807) is 7.11 Å². The van der Waals surface area contributed by atoms with E-state index in [0.717, 1.165) is 18.7 Å². The average Bonchev–Trinajstić information content (AvgIpc) is 2.49. The Morgan fingerprint density at radius 3 is 2.71 bits per heavy atom. The first kappa shape index (κ1) is 14.9. The minimum atomic E-state index is 0.292. The van der Waals surface area contributed by atoms with Gasteiger partial charge in [-0.15, -0.1) is 0 Å². The van der Waals surface area contributed by atoms with Gasteiger partial charge in [-0.25, -0.2) is 0 Å². The van der Waals surface area contributed by atoms with Crippen molar-refractivity contribution in [2.75, 3.05) is 13.7 Å². The molecule has 3 atom stereocenters. The average molecular weight is 287 g/mol. The van der Waals surface area contributed by atoms with Crippen LogP contribution in [0.25, 0.3) is 0 Å². The van der Waals surface area contributed by atoms with Gasteiger partial charge in [0.2, 0.25) is 0 Å². The van der Waals surface area contributed by atoms with E-state index in [1.807, 2.05) is 0 Å². The van der Waals surface area contributed by atoms with Crippen LogP contribution in [0.3, 0.4) is 0 Å². The summed E-state index contributed by atoms with van der Waals surface area (Å²) in [5, 5.41) is 0. The van der Waals surface area contributed by atoms with Gasteiger partial charge < -0.3 is 10.5 Å². The second kappa shape index (κ2) is 5.31. The molecule has 0 radical (unpaired) electrons. The summed E-state index contributed by atoms with van der Waals surface area (Å²) in [5.74, 6) is 1.61. The molecule has 1 aromatic carbocycles. The van der Waals surface area contributed by atoms with Crippen molar-refractivity contribution in [3.05, 3.63) is 29.3 Å². The monoisotopic (exact) mass is 287 g/mol. The summed E-state index contributed by atoms with van der Waals surface area (Å²) in [6, 6.07) is 6.73. The van der Waals surface area contributed by atoms with Crippen LogP contribution in [0.15, 0.2) is 18.2 Å². The lowest BCUT2D eigenvalue weighted by atomic mass is 9.48. The Hall–Kier alpha value is -1.02. The Bertz CT molecular complexity index is 526. The molecule has 0 heterocycles. The van der Waals surface area contributed by atoms with Crippen LogP contribution in [-0.4, -0.2) is 13.7 Å². The standard InChI is InChI=1S/C19H29NO/c1-18-9-4-5-10-19(18,2)17-12-15(21-3)6-7-16(17)14(13-18)8-11-20/h6-7,12,14H,4-5,8-11,13,20H2,1-3H3/t14?,18?,19-/m1/s1. The molecule has 116 valence electrons. The summed E-state index contributed by atoms with van der Waals surface area (Å²) in [4.78, 5) is 0. The summed E-state index contributed by atoms with van der Waals surface area (Å²) < 4.78 is 5.51. The van der Waals surface area contributed by atoms with Crippen LogP contribution >= 0.6 is 0 Å². The Morgan fingerprint density at radius 1 is 1.24 bits per heavy atom. The fourth-order valence-electron chi connectivity index (χ4n) is 4.97. The Morgan fingerprint density at radius 2 is 2.00 bits per heavy atom. The van der Waals surface area contributed by atoms with E-state index in [2.05, 4.69) is 32.0 Å². The molecular weight excluding hydrogens is 258 g/mol. The van der Waals surface area contributed by atoms with Gasteiger partial charge in [0, 0.05) is 0 Å². The summed E-state index contributed by atoms with van der Waals surface area (Å²) in [7, 11) is 1.77. The molecule has 0 amide bonds. The fraction of sp³-hybridized carbons (Fsp3) is 0.684. The lowest BCUT2D eigenvalue weighted by Gasteiger charge is -2.56. The van der Waals surface area contributed by atoms with Crippen molar-refractivity contribution >= 4 is 0 Å². The van der Waals surface area contributed by atoms with E-state index < -0.39 is 0 Å². The van der Waals surface area contributed by atoms with E-state index in [4.69, 9.17) is 10.5 Å². The van der Waals surface area contributed by atoms with Crippen LogP contribution < -0.4 is 10.5 Å². The van der Waals surface area contributed by atoms with E-state index in [1.165, 1.54) is 43.2 Å². The van der Waals surface area contributed by atoms with Crippen LogP contribution in [0, 0.1) is 5.41 Å². The molecule has 0 aromatic heterocycles. The molecule has 0 saturated heterocycles. The van der Waals surface area contributed by atoms with E-state index in [-0.39, 0.29) is 0 Å². The van der Waals surface area contributed by atoms with E-state index >= 15 is 0 Å². The predicted molar refractivity (Wildman–Crippen MR) is 88.0 cm³/mol. The Balaban J connectivity index is 2.14. The molecule has 2 heteroatoms. The first-order valence-electron chi connectivity index (χ1n) is 8.42. The normalized spacial score (nSPS) is 35.0. The number of methoxy groups -OCH3 is 1. The molecule has 21 heavy (non-hydrogen) atoms. The summed E-state index contributed by atoms with van der Waals surface area (Å²) >= 11 is 0. The molecule has 2 N–H and O–H groups in total. The Labute approximate surface area is 129 Å². The molecule has 2 aliphatic rings. The molecule has 1 fully saturated rings. The van der Waals surface area contributed by atoms with Crippen molar-refractivity contribution in [1.29, 1.82) is 0 Å². The van der Waals surface area contributed by atoms with Crippen molar-refractivity contribution in [2.45, 2.75) is 63.7 Å². The molecule has 2 aliphatic carbocycles. The van der Waals surface area contributed by atoms with Crippen LogP contribution in [0.4, 0.5) is 0 Å². The van der Waals surface area contributed by atoms with E-state index in [9.17, 15) is 0 Å². The second-order valence-corrected chi connectivity index (χ2v) is 7.53. The number of benzene rings is 1. The first-order valence-corrected chi connectivity index (χ1v) is 8.42. The number of nitrogens with two attached hydrogens (primary N) is 1. The van der Waals surface area contributed by atoms with Gasteiger partial charge in [0.25, 0.3) is 0 Å². The molecule has 0 spiro atoms. The molecule has 0 bridgehead atoms. The van der Waals surface area contributed by atoms with Gasteiger partial charge in [0.1, 0.15) is 5.75 Å². The summed E-state index contributed by atoms with van der Waals surface area (Å²) in [5.41, 5.74) is 9.66. The SMILES string of the molecule is COc1ccc2c(c1)[C@@]1(C)CCCCC1(C)CC2CCN. The number of hydrogen-bond acceptors (Lipinski definition) is 2. The number of hydrogen-bond donors (Lipinski definition) is 1. The van der Waals surface area contributed by atoms with Crippen molar-refractivity contribution in [1.82, 2.24) is 0 Å². The zero-order chi connectivity index (χ0) is 15.1. The third-order valence-electron chi connectivity index (χ3n) is 6.49. The van der Waals surface area contributed by atoms with Gasteiger partial charge in [-0.3, -0.25) is 0 Å². The van der Waals surface area contributed by atoms with Crippen molar-refractivity contribution in [2.24, 2.45) is 11.1 Å². The van der Waals surface area contributed by atoms with Crippen LogP contribution in [-0.2, 0) is 5.41 Å². The van der Waals surface area contributed by atoms with Gasteiger partial charge in [-0.1, -0.05) is 32.8 Å².